The average Bonchev–Trinajstić information content (AvgIpc) is 3.58. The number of hydrogen-bond donors (Lipinski definition) is 2. The fourth-order valence-electron chi connectivity index (χ4n) is 5.82. The highest BCUT2D eigenvalue weighted by Crippen LogP contribution is 2.35. The van der Waals surface area contributed by atoms with Gasteiger partial charge in [-0.1, -0.05) is 18.2 Å². The second-order valence-corrected chi connectivity index (χ2v) is 11.5. The summed E-state index contributed by atoms with van der Waals surface area (Å²) < 4.78 is 20.3. The fourth-order valence-corrected chi connectivity index (χ4v) is 5.82. The molecule has 1 atom stereocenters. The van der Waals surface area contributed by atoms with Gasteiger partial charge in [0.1, 0.15) is 17.9 Å². The topological polar surface area (TPSA) is 155 Å². The maximum absolute atomic E-state index is 14.2. The number of nitrogens with zero attached hydrogens (tertiary/aromatic N) is 6. The van der Waals surface area contributed by atoms with Gasteiger partial charge in [0.05, 0.1) is 11.1 Å². The highest BCUT2D eigenvalue weighted by molar-refractivity contribution is 5.97. The van der Waals surface area contributed by atoms with Crippen molar-refractivity contribution in [2.24, 2.45) is 5.73 Å². The Kier molecular flexibility index (Phi) is 9.37. The van der Waals surface area contributed by atoms with Crippen molar-refractivity contribution in [3.63, 3.8) is 0 Å². The molecule has 0 aliphatic carbocycles. The maximum atomic E-state index is 14.2. The van der Waals surface area contributed by atoms with Crippen LogP contribution in [0.2, 0.25) is 0 Å². The molecular formula is C32H36FN7O5. The molecule has 0 spiro atoms. The highest BCUT2D eigenvalue weighted by Gasteiger charge is 2.35. The number of carbonyl (C=O) groups excluding carboxylic acids is 2. The number of nitrogens with two attached hydrogens (primary N) is 1. The Morgan fingerprint density at radius 2 is 1.78 bits per heavy atom. The second kappa shape index (κ2) is 13.4. The number of hydrogen-bond acceptors (Lipinski definition) is 9. The summed E-state index contributed by atoms with van der Waals surface area (Å²) in [6, 6.07) is 9.81. The molecule has 3 N–H and O–H groups in total. The van der Waals surface area contributed by atoms with E-state index in [1.54, 1.807) is 28.0 Å². The molecule has 2 amide bonds. The van der Waals surface area contributed by atoms with Gasteiger partial charge in [-0.15, -0.1) is 10.2 Å². The zero-order chi connectivity index (χ0) is 32.2. The van der Waals surface area contributed by atoms with Crippen LogP contribution in [0.3, 0.4) is 0 Å². The molecule has 0 bridgehead atoms. The van der Waals surface area contributed by atoms with Gasteiger partial charge in [-0.3, -0.25) is 9.59 Å². The molecule has 2 aliphatic heterocycles. The molecule has 13 heteroatoms. The second-order valence-electron chi connectivity index (χ2n) is 11.5. The van der Waals surface area contributed by atoms with E-state index in [0.717, 1.165) is 17.2 Å². The number of carboxylic acid groups (broad SMARTS) is 1. The summed E-state index contributed by atoms with van der Waals surface area (Å²) in [5.74, 6) is -1.42. The Labute approximate surface area is 260 Å². The van der Waals surface area contributed by atoms with Crippen LogP contribution < -0.4 is 15.4 Å². The minimum absolute atomic E-state index is 0.0722. The van der Waals surface area contributed by atoms with E-state index in [1.807, 2.05) is 25.7 Å². The molecule has 2 aliphatic rings. The number of carbonyl (C=O) groups is 3. The first kappa shape index (κ1) is 31.5. The van der Waals surface area contributed by atoms with Crippen LogP contribution in [0.1, 0.15) is 53.5 Å². The van der Waals surface area contributed by atoms with Gasteiger partial charge in [-0.25, -0.2) is 14.2 Å². The van der Waals surface area contributed by atoms with Crippen molar-refractivity contribution in [2.75, 3.05) is 37.6 Å². The van der Waals surface area contributed by atoms with E-state index < -0.39 is 17.8 Å². The predicted octanol–water partition coefficient (Wildman–Crippen LogP) is 3.29. The molecule has 0 saturated heterocycles. The van der Waals surface area contributed by atoms with Crippen LogP contribution in [0.25, 0.3) is 0 Å². The van der Waals surface area contributed by atoms with Crippen LogP contribution in [0.5, 0.6) is 11.6 Å². The zero-order valence-corrected chi connectivity index (χ0v) is 25.4. The van der Waals surface area contributed by atoms with Crippen molar-refractivity contribution in [3.8, 4) is 11.6 Å². The zero-order valence-electron chi connectivity index (χ0n) is 25.4. The first-order valence-electron chi connectivity index (χ1n) is 14.8. The van der Waals surface area contributed by atoms with Crippen LogP contribution >= 0.6 is 0 Å². The number of aromatic carboxylic acids is 1. The van der Waals surface area contributed by atoms with E-state index >= 15 is 0 Å². The van der Waals surface area contributed by atoms with Crippen molar-refractivity contribution < 1.29 is 28.6 Å². The minimum Gasteiger partial charge on any atom is -0.478 e. The van der Waals surface area contributed by atoms with E-state index in [0.29, 0.717) is 44.1 Å². The molecule has 236 valence electrons. The van der Waals surface area contributed by atoms with E-state index in [9.17, 15) is 23.9 Å². The van der Waals surface area contributed by atoms with Crippen LogP contribution in [0, 0.1) is 5.82 Å². The molecule has 5 rings (SSSR count). The van der Waals surface area contributed by atoms with Gasteiger partial charge in [-0.2, -0.15) is 0 Å². The van der Waals surface area contributed by atoms with E-state index in [-0.39, 0.29) is 53.5 Å². The number of anilines is 1. The maximum Gasteiger partial charge on any atom is 0.335 e. The molecule has 0 saturated carbocycles. The van der Waals surface area contributed by atoms with Gasteiger partial charge in [-0.05, 0) is 68.2 Å². The monoisotopic (exact) mass is 617 g/mol. The largest absolute Gasteiger partial charge is 0.478 e. The molecule has 3 aromatic rings. The van der Waals surface area contributed by atoms with Crippen molar-refractivity contribution in [1.82, 2.24) is 25.0 Å². The molecule has 0 unspecified atom stereocenters. The van der Waals surface area contributed by atoms with Gasteiger partial charge >= 0.3 is 5.97 Å². The number of amides is 2. The summed E-state index contributed by atoms with van der Waals surface area (Å²) in [6.45, 7) is 7.92. The lowest BCUT2D eigenvalue weighted by atomic mass is 9.98. The lowest BCUT2D eigenvalue weighted by molar-refractivity contribution is -0.130. The Morgan fingerprint density at radius 1 is 1.07 bits per heavy atom. The van der Waals surface area contributed by atoms with Crippen molar-refractivity contribution in [2.45, 2.75) is 45.7 Å². The average molecular weight is 618 g/mol. The quantitative estimate of drug-likeness (QED) is 0.306. The standard InChI is InChI=1S/C32H36FN7O5/c1-4-40(19(2)3)31(42)26-12-23(33)9-10-27(26)45-30-29(35-18-36-37-30)39-16-21-14-38(15-22(21)17-39)28(41)13-24(34)11-20-7-5-6-8-25(20)32(43)44/h5-10,12,18-19,24H,4,11,13-17,34H2,1-3H3,(H,43,44)/t24-/m1/s1. The first-order chi connectivity index (χ1) is 21.5. The van der Waals surface area contributed by atoms with Crippen LogP contribution in [-0.4, -0.2) is 92.7 Å². The fraction of sp³-hybridized carbons (Fsp3) is 0.375. The third-order valence-electron chi connectivity index (χ3n) is 8.02. The van der Waals surface area contributed by atoms with Gasteiger partial charge in [0.15, 0.2) is 5.82 Å². The lowest BCUT2D eigenvalue weighted by Gasteiger charge is -2.26. The number of carboxylic acids is 1. The SMILES string of the molecule is CCN(C(=O)c1cc(F)ccc1Oc1nncnc1N1CC2=C(CN(C(=O)C[C@H](N)Cc3ccccc3C(=O)O)C2)C1)C(C)C. The van der Waals surface area contributed by atoms with E-state index in [4.69, 9.17) is 10.5 Å². The molecular weight excluding hydrogens is 581 g/mol. The molecule has 0 radical (unpaired) electrons. The van der Waals surface area contributed by atoms with Gasteiger partial charge in [0, 0.05) is 51.2 Å². The predicted molar refractivity (Wildman–Crippen MR) is 164 cm³/mol. The Morgan fingerprint density at radius 3 is 2.44 bits per heavy atom. The summed E-state index contributed by atoms with van der Waals surface area (Å²) in [5, 5.41) is 17.4. The molecule has 0 fully saturated rings. The van der Waals surface area contributed by atoms with Crippen molar-refractivity contribution in [3.05, 3.63) is 82.4 Å². The Hall–Kier alpha value is -4.91. The smallest absolute Gasteiger partial charge is 0.335 e. The first-order valence-corrected chi connectivity index (χ1v) is 14.8. The van der Waals surface area contributed by atoms with Crippen molar-refractivity contribution in [1.29, 1.82) is 0 Å². The van der Waals surface area contributed by atoms with Gasteiger partial charge in [0.2, 0.25) is 5.91 Å². The summed E-state index contributed by atoms with van der Waals surface area (Å²) in [6.07, 6.45) is 1.68. The van der Waals surface area contributed by atoms with E-state index in [2.05, 4.69) is 15.2 Å². The van der Waals surface area contributed by atoms with Crippen molar-refractivity contribution >= 4 is 23.6 Å². The Bertz CT molecular complexity index is 1630. The van der Waals surface area contributed by atoms with Crippen LogP contribution in [-0.2, 0) is 11.2 Å². The summed E-state index contributed by atoms with van der Waals surface area (Å²) in [4.78, 5) is 47.7. The number of aromatic nitrogens is 3. The Balaban J connectivity index is 1.23. The third kappa shape index (κ3) is 6.93. The summed E-state index contributed by atoms with van der Waals surface area (Å²) in [5.41, 5.74) is 9.28. The molecule has 3 heterocycles. The highest BCUT2D eigenvalue weighted by atomic mass is 19.1. The third-order valence-corrected chi connectivity index (χ3v) is 8.02. The summed E-state index contributed by atoms with van der Waals surface area (Å²) in [7, 11) is 0. The number of rotatable bonds is 11. The normalized spacial score (nSPS) is 15.0. The molecule has 1 aromatic heterocycles. The van der Waals surface area contributed by atoms with E-state index in [1.165, 1.54) is 24.5 Å². The lowest BCUT2D eigenvalue weighted by Crippen LogP contribution is -2.38. The molecule has 45 heavy (non-hydrogen) atoms. The number of benzene rings is 2. The number of halogens is 1. The minimum atomic E-state index is -1.03. The summed E-state index contributed by atoms with van der Waals surface area (Å²) >= 11 is 0. The number of ether oxygens (including phenoxy) is 1. The van der Waals surface area contributed by atoms with Gasteiger partial charge in [0.25, 0.3) is 11.8 Å². The van der Waals surface area contributed by atoms with Crippen LogP contribution in [0.15, 0.2) is 59.9 Å². The van der Waals surface area contributed by atoms with Gasteiger partial charge < -0.3 is 30.3 Å². The molecule has 12 nitrogen and oxygen atoms in total. The van der Waals surface area contributed by atoms with Crippen LogP contribution in [0.4, 0.5) is 10.2 Å². The molecule has 2 aromatic carbocycles.